The zero-order valence-electron chi connectivity index (χ0n) is 7.45. The molecule has 4 heteroatoms. The number of aliphatic hydroxyl groups excluding tert-OH is 1. The van der Waals surface area contributed by atoms with Gasteiger partial charge in [-0.3, -0.25) is 4.79 Å². The van der Waals surface area contributed by atoms with Crippen LogP contribution < -0.4 is 0 Å². The van der Waals surface area contributed by atoms with Gasteiger partial charge in [0.2, 0.25) is 6.29 Å². The number of hydrogen-bond donors (Lipinski definition) is 1. The topological polar surface area (TPSA) is 55.8 Å². The lowest BCUT2D eigenvalue weighted by Crippen LogP contribution is -2.24. The Hall–Kier alpha value is -0.450. The van der Waals surface area contributed by atoms with Gasteiger partial charge in [0.25, 0.3) is 0 Å². The molecule has 0 amide bonds. The van der Waals surface area contributed by atoms with Crippen molar-refractivity contribution < 1.29 is 19.4 Å². The highest BCUT2D eigenvalue weighted by molar-refractivity contribution is 5.56. The molecule has 0 aliphatic heterocycles. The van der Waals surface area contributed by atoms with E-state index in [1.165, 1.54) is 7.11 Å². The highest BCUT2D eigenvalue weighted by atomic mass is 16.6. The molecular formula is C8H15O4. The SMILES string of the molecule is CCCC(O)OCC([C]=O)OC. The fraction of sp³-hybridized carbons (Fsp3) is 0.875. The molecule has 1 radical (unpaired) electrons. The van der Waals surface area contributed by atoms with Gasteiger partial charge in [-0.1, -0.05) is 13.3 Å². The van der Waals surface area contributed by atoms with E-state index in [0.29, 0.717) is 6.42 Å². The van der Waals surface area contributed by atoms with Crippen LogP contribution in [0.15, 0.2) is 0 Å². The van der Waals surface area contributed by atoms with E-state index in [1.54, 1.807) is 6.29 Å². The average molecular weight is 175 g/mol. The molecule has 0 aromatic carbocycles. The van der Waals surface area contributed by atoms with Crippen LogP contribution >= 0.6 is 0 Å². The molecule has 71 valence electrons. The molecule has 0 aliphatic carbocycles. The molecule has 0 bridgehead atoms. The lowest BCUT2D eigenvalue weighted by atomic mass is 10.3. The summed E-state index contributed by atoms with van der Waals surface area (Å²) in [5.74, 6) is 0. The minimum atomic E-state index is -0.805. The van der Waals surface area contributed by atoms with Crippen molar-refractivity contribution in [1.82, 2.24) is 0 Å². The van der Waals surface area contributed by atoms with Gasteiger partial charge in [0.05, 0.1) is 6.61 Å². The fourth-order valence-electron chi connectivity index (χ4n) is 0.679. The molecule has 0 spiro atoms. The van der Waals surface area contributed by atoms with Gasteiger partial charge in [0.15, 0.2) is 6.29 Å². The number of hydrogen-bond acceptors (Lipinski definition) is 4. The second-order valence-electron chi connectivity index (χ2n) is 2.42. The molecule has 0 heterocycles. The molecule has 0 aromatic rings. The molecule has 0 aromatic heterocycles. The largest absolute Gasteiger partial charge is 0.371 e. The number of carbonyl (C=O) groups excluding carboxylic acids is 1. The quantitative estimate of drug-likeness (QED) is 0.563. The van der Waals surface area contributed by atoms with E-state index < -0.39 is 12.4 Å². The molecule has 1 N–H and O–H groups in total. The van der Waals surface area contributed by atoms with E-state index in [9.17, 15) is 4.79 Å². The third-order valence-corrected chi connectivity index (χ3v) is 1.39. The third-order valence-electron chi connectivity index (χ3n) is 1.39. The van der Waals surface area contributed by atoms with Crippen LogP contribution in [0, 0.1) is 0 Å². The van der Waals surface area contributed by atoms with Crippen LogP contribution in [0.1, 0.15) is 19.8 Å². The first-order chi connectivity index (χ1) is 5.74. The van der Waals surface area contributed by atoms with Crippen molar-refractivity contribution in [3.8, 4) is 0 Å². The summed E-state index contributed by atoms with van der Waals surface area (Å²) in [6.07, 6.45) is 1.54. The Balaban J connectivity index is 3.44. The van der Waals surface area contributed by atoms with Crippen molar-refractivity contribution in [2.75, 3.05) is 13.7 Å². The molecular weight excluding hydrogens is 160 g/mol. The van der Waals surface area contributed by atoms with Gasteiger partial charge in [0, 0.05) is 7.11 Å². The molecule has 0 saturated heterocycles. The second kappa shape index (κ2) is 7.21. The minimum Gasteiger partial charge on any atom is -0.371 e. The lowest BCUT2D eigenvalue weighted by Gasteiger charge is -2.12. The first-order valence-electron chi connectivity index (χ1n) is 3.94. The summed E-state index contributed by atoms with van der Waals surface area (Å²) in [6.45, 7) is 1.99. The maximum Gasteiger partial charge on any atom is 0.232 e. The summed E-state index contributed by atoms with van der Waals surface area (Å²) >= 11 is 0. The summed E-state index contributed by atoms with van der Waals surface area (Å²) in [5.41, 5.74) is 0. The van der Waals surface area contributed by atoms with E-state index in [0.717, 1.165) is 6.42 Å². The molecule has 0 rings (SSSR count). The molecule has 0 saturated carbocycles. The predicted octanol–water partition coefficient (Wildman–Crippen LogP) is 0.246. The van der Waals surface area contributed by atoms with Crippen LogP contribution in [-0.2, 0) is 14.3 Å². The van der Waals surface area contributed by atoms with Crippen molar-refractivity contribution in [3.63, 3.8) is 0 Å². The standard InChI is InChI=1S/C8H15O4/c1-3-4-8(10)12-6-7(5-9)11-2/h7-8,10H,3-4,6H2,1-2H3. The van der Waals surface area contributed by atoms with E-state index >= 15 is 0 Å². The average Bonchev–Trinajstić information content (AvgIpc) is 2.07. The van der Waals surface area contributed by atoms with E-state index in [1.807, 2.05) is 6.92 Å². The molecule has 4 nitrogen and oxygen atoms in total. The van der Waals surface area contributed by atoms with Crippen LogP contribution in [0.3, 0.4) is 0 Å². The van der Waals surface area contributed by atoms with Gasteiger partial charge in [-0.25, -0.2) is 0 Å². The first-order valence-corrected chi connectivity index (χ1v) is 3.94. The Morgan fingerprint density at radius 2 is 2.25 bits per heavy atom. The number of aliphatic hydroxyl groups is 1. The van der Waals surface area contributed by atoms with Crippen LogP contribution in [0.4, 0.5) is 0 Å². The zero-order valence-corrected chi connectivity index (χ0v) is 7.45. The van der Waals surface area contributed by atoms with E-state index in [-0.39, 0.29) is 6.61 Å². The highest BCUT2D eigenvalue weighted by Gasteiger charge is 2.09. The van der Waals surface area contributed by atoms with E-state index in [4.69, 9.17) is 9.84 Å². The van der Waals surface area contributed by atoms with Gasteiger partial charge < -0.3 is 14.6 Å². The summed E-state index contributed by atoms with van der Waals surface area (Å²) in [5, 5.41) is 9.08. The van der Waals surface area contributed by atoms with Gasteiger partial charge in [-0.05, 0) is 6.42 Å². The number of ether oxygens (including phenoxy) is 2. The van der Waals surface area contributed by atoms with E-state index in [2.05, 4.69) is 4.74 Å². The maximum atomic E-state index is 10.1. The monoisotopic (exact) mass is 175 g/mol. The summed E-state index contributed by atoms with van der Waals surface area (Å²) in [4.78, 5) is 10.1. The minimum absolute atomic E-state index is 0.0567. The summed E-state index contributed by atoms with van der Waals surface area (Å²) < 4.78 is 9.56. The summed E-state index contributed by atoms with van der Waals surface area (Å²) in [7, 11) is 1.39. The zero-order chi connectivity index (χ0) is 9.40. The predicted molar refractivity (Wildman–Crippen MR) is 43.4 cm³/mol. The fourth-order valence-corrected chi connectivity index (χ4v) is 0.679. The molecule has 2 atom stereocenters. The maximum absolute atomic E-state index is 10.1. The van der Waals surface area contributed by atoms with Crippen molar-refractivity contribution in [1.29, 1.82) is 0 Å². The number of methoxy groups -OCH3 is 1. The molecule has 0 aliphatic rings. The van der Waals surface area contributed by atoms with Crippen molar-refractivity contribution in [2.45, 2.75) is 32.2 Å². The molecule has 12 heavy (non-hydrogen) atoms. The van der Waals surface area contributed by atoms with Gasteiger partial charge in [0.1, 0.15) is 6.10 Å². The Bertz CT molecular complexity index is 116. The Labute approximate surface area is 72.5 Å². The normalized spacial score (nSPS) is 15.6. The third kappa shape index (κ3) is 5.23. The Morgan fingerprint density at radius 3 is 2.67 bits per heavy atom. The van der Waals surface area contributed by atoms with Crippen LogP contribution in [0.5, 0.6) is 0 Å². The van der Waals surface area contributed by atoms with Gasteiger partial charge in [-0.2, -0.15) is 0 Å². The Kier molecular flexibility index (Phi) is 6.94. The van der Waals surface area contributed by atoms with Crippen LogP contribution in [-0.4, -0.2) is 37.5 Å². The summed E-state index contributed by atoms with van der Waals surface area (Å²) in [6, 6.07) is 0. The highest BCUT2D eigenvalue weighted by Crippen LogP contribution is 1.99. The van der Waals surface area contributed by atoms with Gasteiger partial charge >= 0.3 is 0 Å². The van der Waals surface area contributed by atoms with Crippen LogP contribution in [0.25, 0.3) is 0 Å². The smallest absolute Gasteiger partial charge is 0.232 e. The molecule has 2 unspecified atom stereocenters. The first kappa shape index (κ1) is 11.6. The second-order valence-corrected chi connectivity index (χ2v) is 2.42. The van der Waals surface area contributed by atoms with Crippen molar-refractivity contribution in [2.24, 2.45) is 0 Å². The van der Waals surface area contributed by atoms with Crippen molar-refractivity contribution >= 4 is 6.29 Å². The van der Waals surface area contributed by atoms with Crippen LogP contribution in [0.2, 0.25) is 0 Å². The molecule has 0 fully saturated rings. The van der Waals surface area contributed by atoms with Crippen molar-refractivity contribution in [3.05, 3.63) is 0 Å². The van der Waals surface area contributed by atoms with Gasteiger partial charge in [-0.15, -0.1) is 0 Å². The lowest BCUT2D eigenvalue weighted by molar-refractivity contribution is -0.120. The Morgan fingerprint density at radius 1 is 1.58 bits per heavy atom. The number of rotatable bonds is 7.